The number of nitrogens with two attached hydrogens (primary N) is 1. The molecule has 0 spiro atoms. The standard InChI is InChI=1S/C14H21NO2/c1-5-12(14(16)17-4)13(15)11-7-6-9(2)10(3)8-11/h6-8,12-13H,5,15H2,1-4H3. The number of methoxy groups -OCH3 is 1. The van der Waals surface area contributed by atoms with Crippen molar-refractivity contribution in [3.05, 3.63) is 34.9 Å². The number of benzene rings is 1. The second-order valence-corrected chi connectivity index (χ2v) is 4.41. The van der Waals surface area contributed by atoms with Crippen molar-refractivity contribution in [3.63, 3.8) is 0 Å². The molecule has 2 unspecified atom stereocenters. The summed E-state index contributed by atoms with van der Waals surface area (Å²) in [6.45, 7) is 6.05. The smallest absolute Gasteiger partial charge is 0.310 e. The largest absolute Gasteiger partial charge is 0.469 e. The number of carbonyl (C=O) groups is 1. The molecular weight excluding hydrogens is 214 g/mol. The van der Waals surface area contributed by atoms with E-state index in [0.29, 0.717) is 6.42 Å². The van der Waals surface area contributed by atoms with Crippen molar-refractivity contribution in [1.29, 1.82) is 0 Å². The van der Waals surface area contributed by atoms with E-state index in [1.807, 2.05) is 32.0 Å². The van der Waals surface area contributed by atoms with Crippen molar-refractivity contribution in [2.24, 2.45) is 11.7 Å². The normalized spacial score (nSPS) is 14.2. The second kappa shape index (κ2) is 5.82. The molecule has 0 aliphatic rings. The highest BCUT2D eigenvalue weighted by Gasteiger charge is 2.25. The number of carbonyl (C=O) groups excluding carboxylic acids is 1. The Morgan fingerprint density at radius 2 is 2.00 bits per heavy atom. The predicted octanol–water partition coefficient (Wildman–Crippen LogP) is 2.50. The van der Waals surface area contributed by atoms with Crippen molar-refractivity contribution in [2.75, 3.05) is 7.11 Å². The topological polar surface area (TPSA) is 52.3 Å². The van der Waals surface area contributed by atoms with Gasteiger partial charge in [-0.3, -0.25) is 4.79 Å². The lowest BCUT2D eigenvalue weighted by molar-refractivity contribution is -0.146. The molecule has 1 aromatic rings. The summed E-state index contributed by atoms with van der Waals surface area (Å²) in [5.41, 5.74) is 9.56. The molecule has 2 atom stereocenters. The molecule has 0 radical (unpaired) electrons. The summed E-state index contributed by atoms with van der Waals surface area (Å²) in [7, 11) is 1.40. The minimum Gasteiger partial charge on any atom is -0.469 e. The van der Waals surface area contributed by atoms with Gasteiger partial charge in [-0.2, -0.15) is 0 Å². The lowest BCUT2D eigenvalue weighted by Crippen LogP contribution is -2.28. The monoisotopic (exact) mass is 235 g/mol. The van der Waals surface area contributed by atoms with E-state index in [4.69, 9.17) is 10.5 Å². The van der Waals surface area contributed by atoms with Gasteiger partial charge in [-0.25, -0.2) is 0 Å². The van der Waals surface area contributed by atoms with Gasteiger partial charge in [0.1, 0.15) is 0 Å². The molecule has 0 saturated heterocycles. The first-order valence-electron chi connectivity index (χ1n) is 5.91. The van der Waals surface area contributed by atoms with Crippen LogP contribution >= 0.6 is 0 Å². The molecule has 0 heterocycles. The predicted molar refractivity (Wildman–Crippen MR) is 68.6 cm³/mol. The van der Waals surface area contributed by atoms with Crippen LogP contribution in [-0.4, -0.2) is 13.1 Å². The van der Waals surface area contributed by atoms with Gasteiger partial charge < -0.3 is 10.5 Å². The van der Waals surface area contributed by atoms with E-state index in [-0.39, 0.29) is 17.9 Å². The fraction of sp³-hybridized carbons (Fsp3) is 0.500. The molecule has 0 saturated carbocycles. The maximum Gasteiger partial charge on any atom is 0.310 e. The fourth-order valence-corrected chi connectivity index (χ4v) is 1.92. The Bertz CT molecular complexity index is 401. The van der Waals surface area contributed by atoms with Gasteiger partial charge in [-0.05, 0) is 37.0 Å². The first-order valence-corrected chi connectivity index (χ1v) is 5.91. The van der Waals surface area contributed by atoms with E-state index in [0.717, 1.165) is 5.56 Å². The summed E-state index contributed by atoms with van der Waals surface area (Å²) in [4.78, 5) is 11.6. The van der Waals surface area contributed by atoms with E-state index >= 15 is 0 Å². The number of hydrogen-bond acceptors (Lipinski definition) is 3. The van der Waals surface area contributed by atoms with Crippen LogP contribution in [0.4, 0.5) is 0 Å². The average Bonchev–Trinajstić information content (AvgIpc) is 2.33. The highest BCUT2D eigenvalue weighted by molar-refractivity contribution is 5.73. The van der Waals surface area contributed by atoms with Crippen LogP contribution in [0.25, 0.3) is 0 Å². The zero-order valence-corrected chi connectivity index (χ0v) is 11.0. The van der Waals surface area contributed by atoms with Gasteiger partial charge in [-0.1, -0.05) is 25.1 Å². The quantitative estimate of drug-likeness (QED) is 0.816. The molecule has 94 valence electrons. The van der Waals surface area contributed by atoms with Crippen molar-refractivity contribution >= 4 is 5.97 Å². The SMILES string of the molecule is CCC(C(=O)OC)C(N)c1ccc(C)c(C)c1. The van der Waals surface area contributed by atoms with Crippen molar-refractivity contribution in [1.82, 2.24) is 0 Å². The minimum absolute atomic E-state index is 0.238. The molecule has 17 heavy (non-hydrogen) atoms. The van der Waals surface area contributed by atoms with Gasteiger partial charge in [0.25, 0.3) is 0 Å². The third-order valence-corrected chi connectivity index (χ3v) is 3.29. The summed E-state index contributed by atoms with van der Waals surface area (Å²) in [6, 6.07) is 5.77. The molecule has 0 aromatic heterocycles. The molecular formula is C14H21NO2. The molecule has 3 nitrogen and oxygen atoms in total. The zero-order chi connectivity index (χ0) is 13.0. The minimum atomic E-state index is -0.299. The Kier molecular flexibility index (Phi) is 4.70. The van der Waals surface area contributed by atoms with Crippen LogP contribution < -0.4 is 5.73 Å². The molecule has 1 rings (SSSR count). The third-order valence-electron chi connectivity index (χ3n) is 3.29. The number of esters is 1. The maximum absolute atomic E-state index is 11.6. The molecule has 0 fully saturated rings. The molecule has 0 amide bonds. The van der Waals surface area contributed by atoms with Gasteiger partial charge >= 0.3 is 5.97 Å². The molecule has 2 N–H and O–H groups in total. The van der Waals surface area contributed by atoms with Crippen LogP contribution in [0.15, 0.2) is 18.2 Å². The Labute approximate surface area is 103 Å². The van der Waals surface area contributed by atoms with Gasteiger partial charge in [-0.15, -0.1) is 0 Å². The zero-order valence-electron chi connectivity index (χ0n) is 11.0. The highest BCUT2D eigenvalue weighted by Crippen LogP contribution is 2.25. The van der Waals surface area contributed by atoms with Gasteiger partial charge in [0, 0.05) is 6.04 Å². The summed E-state index contributed by atoms with van der Waals surface area (Å²) < 4.78 is 4.78. The first-order chi connectivity index (χ1) is 8.01. The van der Waals surface area contributed by atoms with Crippen LogP contribution in [0.3, 0.4) is 0 Å². The lowest BCUT2D eigenvalue weighted by atomic mass is 9.90. The van der Waals surface area contributed by atoms with Crippen LogP contribution in [-0.2, 0) is 9.53 Å². The van der Waals surface area contributed by atoms with Crippen molar-refractivity contribution in [3.8, 4) is 0 Å². The average molecular weight is 235 g/mol. The Balaban J connectivity index is 2.97. The molecule has 0 aliphatic heterocycles. The Morgan fingerprint density at radius 1 is 1.35 bits per heavy atom. The van der Waals surface area contributed by atoms with Gasteiger partial charge in [0.15, 0.2) is 0 Å². The van der Waals surface area contributed by atoms with Crippen molar-refractivity contribution < 1.29 is 9.53 Å². The Hall–Kier alpha value is -1.35. The van der Waals surface area contributed by atoms with Crippen LogP contribution in [0.1, 0.15) is 36.1 Å². The van der Waals surface area contributed by atoms with E-state index in [9.17, 15) is 4.79 Å². The highest BCUT2D eigenvalue weighted by atomic mass is 16.5. The molecule has 3 heteroatoms. The van der Waals surface area contributed by atoms with Crippen LogP contribution in [0.5, 0.6) is 0 Å². The number of ether oxygens (including phenoxy) is 1. The molecule has 1 aromatic carbocycles. The number of hydrogen-bond donors (Lipinski definition) is 1. The first kappa shape index (κ1) is 13.7. The van der Waals surface area contributed by atoms with Crippen LogP contribution in [0.2, 0.25) is 0 Å². The second-order valence-electron chi connectivity index (χ2n) is 4.41. The summed E-state index contributed by atoms with van der Waals surface area (Å²) in [6.07, 6.45) is 0.681. The van der Waals surface area contributed by atoms with Gasteiger partial charge in [0.2, 0.25) is 0 Å². The summed E-state index contributed by atoms with van der Waals surface area (Å²) in [5, 5.41) is 0. The Morgan fingerprint density at radius 3 is 2.47 bits per heavy atom. The molecule has 0 bridgehead atoms. The van der Waals surface area contributed by atoms with Crippen molar-refractivity contribution in [2.45, 2.75) is 33.2 Å². The summed E-state index contributed by atoms with van der Waals surface area (Å²) >= 11 is 0. The third kappa shape index (κ3) is 3.07. The van der Waals surface area contributed by atoms with E-state index in [1.54, 1.807) is 0 Å². The van der Waals surface area contributed by atoms with Crippen LogP contribution in [0, 0.1) is 19.8 Å². The maximum atomic E-state index is 11.6. The number of aryl methyl sites for hydroxylation is 2. The molecule has 0 aliphatic carbocycles. The van der Waals surface area contributed by atoms with E-state index in [2.05, 4.69) is 6.92 Å². The summed E-state index contributed by atoms with van der Waals surface area (Å²) in [5.74, 6) is -0.514. The van der Waals surface area contributed by atoms with Gasteiger partial charge in [0.05, 0.1) is 13.0 Å². The lowest BCUT2D eigenvalue weighted by Gasteiger charge is -2.21. The van der Waals surface area contributed by atoms with E-state index in [1.165, 1.54) is 18.2 Å². The fourth-order valence-electron chi connectivity index (χ4n) is 1.92. The number of rotatable bonds is 4. The van der Waals surface area contributed by atoms with E-state index < -0.39 is 0 Å².